The maximum Gasteiger partial charge on any atom is 0.253 e. The summed E-state index contributed by atoms with van der Waals surface area (Å²) in [6.07, 6.45) is -0.0798. The van der Waals surface area contributed by atoms with Gasteiger partial charge in [-0.1, -0.05) is 0 Å². The number of aliphatic hydroxyl groups is 1. The van der Waals surface area contributed by atoms with Gasteiger partial charge in [-0.15, -0.1) is 0 Å². The van der Waals surface area contributed by atoms with Crippen LogP contribution in [0, 0.1) is 0 Å². The number of aliphatic carboxylic acids is 1. The van der Waals surface area contributed by atoms with E-state index in [2.05, 4.69) is 10.6 Å². The summed E-state index contributed by atoms with van der Waals surface area (Å²) in [5.74, 6) is -2.45. The van der Waals surface area contributed by atoms with Crippen molar-refractivity contribution in [3.05, 3.63) is 0 Å². The zero-order valence-corrected chi connectivity index (χ0v) is 8.78. The molecule has 1 aliphatic heterocycles. The molecule has 7 nitrogen and oxygen atoms in total. The second-order valence-electron chi connectivity index (χ2n) is 3.83. The molecule has 0 aromatic rings. The van der Waals surface area contributed by atoms with E-state index in [4.69, 9.17) is 0 Å². The zero-order valence-electron chi connectivity index (χ0n) is 8.78. The summed E-state index contributed by atoms with van der Waals surface area (Å²) in [5.41, 5.74) is -1.51. The summed E-state index contributed by atoms with van der Waals surface area (Å²) in [5, 5.41) is 24.8. The average molecular weight is 229 g/mol. The molecule has 0 bridgehead atoms. The van der Waals surface area contributed by atoms with Crippen LogP contribution in [-0.4, -0.2) is 41.1 Å². The minimum atomic E-state index is -1.51. The highest BCUT2D eigenvalue weighted by Crippen LogP contribution is 2.20. The van der Waals surface area contributed by atoms with Crippen molar-refractivity contribution in [3.63, 3.8) is 0 Å². The van der Waals surface area contributed by atoms with Crippen LogP contribution in [0.15, 0.2) is 0 Å². The van der Waals surface area contributed by atoms with Crippen molar-refractivity contribution < 1.29 is 24.6 Å². The Kier molecular flexibility index (Phi) is 3.48. The Labute approximate surface area is 91.8 Å². The van der Waals surface area contributed by atoms with Gasteiger partial charge >= 0.3 is 0 Å². The minimum absolute atomic E-state index is 0.0300. The van der Waals surface area contributed by atoms with Crippen LogP contribution in [0.25, 0.3) is 0 Å². The van der Waals surface area contributed by atoms with Crippen LogP contribution >= 0.6 is 0 Å². The standard InChI is InChI=1S/C9H14N2O5/c1-5(12)11-6(7(13)14)2-3-9(16)4-10-8(9)15/h6,16H,2-4H2,1H3,(H,10,15)(H,11,12)(H,13,14)/p-1/t6-,9-/m0/s1. The van der Waals surface area contributed by atoms with Crippen molar-refractivity contribution in [2.45, 2.75) is 31.4 Å². The predicted molar refractivity (Wildman–Crippen MR) is 49.8 cm³/mol. The molecule has 1 rings (SSSR count). The smallest absolute Gasteiger partial charge is 0.253 e. The molecule has 1 aliphatic rings. The van der Waals surface area contributed by atoms with Gasteiger partial charge in [-0.3, -0.25) is 9.59 Å². The summed E-state index contributed by atoms with van der Waals surface area (Å²) < 4.78 is 0. The molecule has 0 unspecified atom stereocenters. The number of hydrogen-bond donors (Lipinski definition) is 3. The van der Waals surface area contributed by atoms with Gasteiger partial charge in [-0.2, -0.15) is 0 Å². The fourth-order valence-corrected chi connectivity index (χ4v) is 1.44. The molecule has 90 valence electrons. The van der Waals surface area contributed by atoms with Gasteiger partial charge in [0.1, 0.15) is 0 Å². The maximum absolute atomic E-state index is 10.9. The van der Waals surface area contributed by atoms with Crippen LogP contribution in [0.1, 0.15) is 19.8 Å². The van der Waals surface area contributed by atoms with E-state index in [1.54, 1.807) is 0 Å². The van der Waals surface area contributed by atoms with E-state index in [0.29, 0.717) is 0 Å². The first-order chi connectivity index (χ1) is 7.35. The van der Waals surface area contributed by atoms with E-state index in [9.17, 15) is 24.6 Å². The van der Waals surface area contributed by atoms with Gasteiger partial charge in [0.2, 0.25) is 5.91 Å². The molecule has 2 amide bonds. The average Bonchev–Trinajstić information content (AvgIpc) is 2.20. The highest BCUT2D eigenvalue weighted by Gasteiger charge is 2.44. The van der Waals surface area contributed by atoms with E-state index in [0.717, 1.165) is 0 Å². The molecule has 2 atom stereocenters. The van der Waals surface area contributed by atoms with Crippen molar-refractivity contribution in [3.8, 4) is 0 Å². The normalized spacial score (nSPS) is 25.2. The number of hydrogen-bond acceptors (Lipinski definition) is 5. The number of carboxylic acids is 1. The Morgan fingerprint density at radius 2 is 2.31 bits per heavy atom. The Morgan fingerprint density at radius 1 is 1.69 bits per heavy atom. The van der Waals surface area contributed by atoms with E-state index < -0.39 is 29.4 Å². The van der Waals surface area contributed by atoms with Crippen LogP contribution in [0.5, 0.6) is 0 Å². The summed E-state index contributed by atoms with van der Waals surface area (Å²) in [6, 6.07) is -1.19. The van der Waals surface area contributed by atoms with Crippen molar-refractivity contribution in [2.75, 3.05) is 6.54 Å². The molecule has 0 aromatic carbocycles. The number of rotatable bonds is 5. The summed E-state index contributed by atoms with van der Waals surface area (Å²) in [6.45, 7) is 1.28. The molecule has 3 N–H and O–H groups in total. The zero-order chi connectivity index (χ0) is 12.3. The largest absolute Gasteiger partial charge is 0.548 e. The molecule has 16 heavy (non-hydrogen) atoms. The van der Waals surface area contributed by atoms with Crippen LogP contribution in [0.2, 0.25) is 0 Å². The maximum atomic E-state index is 10.9. The molecule has 0 saturated carbocycles. The molecule has 7 heteroatoms. The lowest BCUT2D eigenvalue weighted by molar-refractivity contribution is -0.308. The first-order valence-electron chi connectivity index (χ1n) is 4.84. The Hall–Kier alpha value is -1.63. The number of amides is 2. The molecule has 1 saturated heterocycles. The number of nitrogens with one attached hydrogen (secondary N) is 2. The molecular weight excluding hydrogens is 216 g/mol. The highest BCUT2D eigenvalue weighted by molar-refractivity contribution is 5.91. The second-order valence-corrected chi connectivity index (χ2v) is 3.83. The van der Waals surface area contributed by atoms with E-state index in [1.165, 1.54) is 6.92 Å². The summed E-state index contributed by atoms with van der Waals surface area (Å²) >= 11 is 0. The van der Waals surface area contributed by atoms with Crippen molar-refractivity contribution in [2.24, 2.45) is 0 Å². The first kappa shape index (κ1) is 12.4. The minimum Gasteiger partial charge on any atom is -0.548 e. The van der Waals surface area contributed by atoms with E-state index >= 15 is 0 Å². The number of carbonyl (C=O) groups is 3. The highest BCUT2D eigenvalue weighted by atomic mass is 16.4. The molecule has 0 radical (unpaired) electrons. The lowest BCUT2D eigenvalue weighted by atomic mass is 9.88. The fraction of sp³-hybridized carbons (Fsp3) is 0.667. The Bertz CT molecular complexity index is 330. The monoisotopic (exact) mass is 229 g/mol. The van der Waals surface area contributed by atoms with Gasteiger partial charge in [0.15, 0.2) is 5.60 Å². The van der Waals surface area contributed by atoms with E-state index in [1.807, 2.05) is 0 Å². The van der Waals surface area contributed by atoms with Crippen LogP contribution in [0.3, 0.4) is 0 Å². The molecule has 0 spiro atoms. The Morgan fingerprint density at radius 3 is 2.62 bits per heavy atom. The second kappa shape index (κ2) is 4.48. The van der Waals surface area contributed by atoms with Gasteiger partial charge in [0, 0.05) is 6.92 Å². The SMILES string of the molecule is CC(=O)N[C@@H](CC[C@]1(O)CNC1=O)C(=O)[O-]. The molecule has 0 aliphatic carbocycles. The molecule has 1 heterocycles. The van der Waals surface area contributed by atoms with Crippen LogP contribution in [-0.2, 0) is 14.4 Å². The van der Waals surface area contributed by atoms with Gasteiger partial charge in [-0.25, -0.2) is 0 Å². The van der Waals surface area contributed by atoms with Gasteiger partial charge in [0.05, 0.1) is 18.6 Å². The van der Waals surface area contributed by atoms with Crippen molar-refractivity contribution in [1.29, 1.82) is 0 Å². The lowest BCUT2D eigenvalue weighted by Gasteiger charge is -2.36. The third kappa shape index (κ3) is 2.69. The Balaban J connectivity index is 2.47. The number of carboxylic acid groups (broad SMARTS) is 1. The first-order valence-corrected chi connectivity index (χ1v) is 4.84. The van der Waals surface area contributed by atoms with Crippen LogP contribution < -0.4 is 15.7 Å². The molecule has 0 aromatic heterocycles. The number of carbonyl (C=O) groups excluding carboxylic acids is 3. The van der Waals surface area contributed by atoms with Crippen LogP contribution in [0.4, 0.5) is 0 Å². The van der Waals surface area contributed by atoms with Crippen molar-refractivity contribution in [1.82, 2.24) is 10.6 Å². The van der Waals surface area contributed by atoms with Crippen molar-refractivity contribution >= 4 is 17.8 Å². The number of β-lactam (4-membered cyclic amide) rings is 1. The quantitative estimate of drug-likeness (QED) is 0.431. The third-order valence-electron chi connectivity index (χ3n) is 2.47. The van der Waals surface area contributed by atoms with Gasteiger partial charge in [-0.05, 0) is 12.8 Å². The fourth-order valence-electron chi connectivity index (χ4n) is 1.44. The summed E-state index contributed by atoms with van der Waals surface area (Å²) in [7, 11) is 0. The predicted octanol–water partition coefficient (Wildman–Crippen LogP) is -3.12. The lowest BCUT2D eigenvalue weighted by Crippen LogP contribution is -2.65. The topological polar surface area (TPSA) is 119 Å². The summed E-state index contributed by atoms with van der Waals surface area (Å²) in [4.78, 5) is 32.3. The third-order valence-corrected chi connectivity index (χ3v) is 2.47. The van der Waals surface area contributed by atoms with E-state index in [-0.39, 0.29) is 19.4 Å². The number of β-amino-alcohol motifs (C(OH)–C–C–N with tert-alkyl or cyclic N) is 1. The molecular formula is C9H13N2O5-. The molecule has 1 fully saturated rings. The van der Waals surface area contributed by atoms with Gasteiger partial charge < -0.3 is 25.6 Å². The van der Waals surface area contributed by atoms with Gasteiger partial charge in [0.25, 0.3) is 5.91 Å².